The molecule has 2 rings (SSSR count). The lowest BCUT2D eigenvalue weighted by Crippen LogP contribution is -2.27. The van der Waals surface area contributed by atoms with Crippen molar-refractivity contribution in [3.8, 4) is 0 Å². The number of hydrogen-bond donors (Lipinski definition) is 1. The van der Waals surface area contributed by atoms with Gasteiger partial charge in [0.2, 0.25) is 0 Å². The highest BCUT2D eigenvalue weighted by Gasteiger charge is 2.25. The minimum absolute atomic E-state index is 0.0101. The van der Waals surface area contributed by atoms with Crippen molar-refractivity contribution in [3.63, 3.8) is 0 Å². The third kappa shape index (κ3) is 9.62. The van der Waals surface area contributed by atoms with Crippen LogP contribution in [0.3, 0.4) is 0 Å². The first-order chi connectivity index (χ1) is 14.1. The summed E-state index contributed by atoms with van der Waals surface area (Å²) < 4.78 is 5.63. The van der Waals surface area contributed by atoms with E-state index in [9.17, 15) is 9.90 Å². The van der Waals surface area contributed by atoms with Crippen LogP contribution in [0.2, 0.25) is 0 Å². The molecule has 0 bridgehead atoms. The van der Waals surface area contributed by atoms with Gasteiger partial charge in [-0.3, -0.25) is 4.79 Å². The van der Waals surface area contributed by atoms with E-state index in [2.05, 4.69) is 6.58 Å². The molecule has 0 saturated heterocycles. The van der Waals surface area contributed by atoms with E-state index in [1.807, 2.05) is 36.4 Å². The van der Waals surface area contributed by atoms with Gasteiger partial charge in [0.1, 0.15) is 6.61 Å². The Morgan fingerprint density at radius 1 is 0.966 bits per heavy atom. The molecule has 0 spiro atoms. The highest BCUT2D eigenvalue weighted by atomic mass is 16.5. The zero-order chi connectivity index (χ0) is 20.8. The van der Waals surface area contributed by atoms with Crippen molar-refractivity contribution in [2.75, 3.05) is 0 Å². The molecule has 29 heavy (non-hydrogen) atoms. The fourth-order valence-corrected chi connectivity index (χ4v) is 4.40. The summed E-state index contributed by atoms with van der Waals surface area (Å²) in [4.78, 5) is 12.7. The van der Waals surface area contributed by atoms with Gasteiger partial charge in [-0.25, -0.2) is 0 Å². The van der Waals surface area contributed by atoms with Crippen LogP contribution in [-0.2, 0) is 16.1 Å². The number of aliphatic hydroxyl groups is 1. The Morgan fingerprint density at radius 2 is 1.52 bits per heavy atom. The van der Waals surface area contributed by atoms with Gasteiger partial charge in [-0.05, 0) is 37.7 Å². The highest BCUT2D eigenvalue weighted by molar-refractivity contribution is 5.72. The summed E-state index contributed by atoms with van der Waals surface area (Å²) in [5.41, 5.74) is 0.454. The fourth-order valence-electron chi connectivity index (χ4n) is 4.40. The van der Waals surface area contributed by atoms with Gasteiger partial charge in [-0.15, -0.1) is 6.58 Å². The average molecular weight is 401 g/mol. The molecule has 0 aliphatic heterocycles. The SMILES string of the molecule is C=CCC1(O)CCCCCCCC[C@@H](C(=O)OCc2ccccc2)CCCCC1. The number of benzene rings is 1. The molecule has 0 heterocycles. The number of ether oxygens (including phenoxy) is 1. The van der Waals surface area contributed by atoms with Gasteiger partial charge >= 0.3 is 5.97 Å². The third-order valence-corrected chi connectivity index (χ3v) is 6.22. The summed E-state index contributed by atoms with van der Waals surface area (Å²) in [7, 11) is 0. The van der Waals surface area contributed by atoms with Crippen molar-refractivity contribution >= 4 is 5.97 Å². The van der Waals surface area contributed by atoms with Crippen LogP contribution in [0.4, 0.5) is 0 Å². The fraction of sp³-hybridized carbons (Fsp3) is 0.654. The molecular formula is C26H40O3. The van der Waals surface area contributed by atoms with E-state index in [4.69, 9.17) is 4.74 Å². The number of rotatable bonds is 5. The molecule has 1 saturated carbocycles. The van der Waals surface area contributed by atoms with E-state index in [1.54, 1.807) is 0 Å². The number of carbonyl (C=O) groups excluding carboxylic acids is 1. The molecule has 1 aliphatic rings. The highest BCUT2D eigenvalue weighted by Crippen LogP contribution is 2.28. The Labute approximate surface area is 177 Å². The molecule has 1 aromatic carbocycles. The number of hydrogen-bond acceptors (Lipinski definition) is 3. The molecule has 0 amide bonds. The van der Waals surface area contributed by atoms with E-state index >= 15 is 0 Å². The summed E-state index contributed by atoms with van der Waals surface area (Å²) in [5, 5.41) is 10.9. The van der Waals surface area contributed by atoms with Crippen molar-refractivity contribution in [3.05, 3.63) is 48.6 Å². The molecule has 1 aliphatic carbocycles. The predicted octanol–water partition coefficient (Wildman–Crippen LogP) is 6.74. The first-order valence-electron chi connectivity index (χ1n) is 11.7. The minimum Gasteiger partial charge on any atom is -0.461 e. The zero-order valence-electron chi connectivity index (χ0n) is 18.1. The standard InChI is InChI=1S/C26H40O3/c1-2-19-26(28)20-13-6-4-3-5-11-17-24(18-12-8-14-21-26)25(27)29-22-23-15-9-7-10-16-23/h2,7,9-10,15-16,24,28H,1,3-6,8,11-14,17-22H2/t24-,26?/m1/s1. The van der Waals surface area contributed by atoms with Crippen LogP contribution in [-0.4, -0.2) is 16.7 Å². The van der Waals surface area contributed by atoms with Crippen molar-refractivity contribution < 1.29 is 14.6 Å². The molecule has 1 N–H and O–H groups in total. The summed E-state index contributed by atoms with van der Waals surface area (Å²) in [6.07, 6.45) is 16.2. The maximum atomic E-state index is 12.7. The van der Waals surface area contributed by atoms with Crippen LogP contribution in [0, 0.1) is 5.92 Å². The summed E-state index contributed by atoms with van der Waals surface area (Å²) in [6, 6.07) is 9.91. The van der Waals surface area contributed by atoms with Crippen LogP contribution in [0.25, 0.3) is 0 Å². The smallest absolute Gasteiger partial charge is 0.309 e. The van der Waals surface area contributed by atoms with Crippen LogP contribution >= 0.6 is 0 Å². The average Bonchev–Trinajstić information content (AvgIpc) is 2.73. The van der Waals surface area contributed by atoms with Gasteiger partial charge in [0.05, 0.1) is 11.5 Å². The van der Waals surface area contributed by atoms with E-state index in [1.165, 1.54) is 25.7 Å². The predicted molar refractivity (Wildman–Crippen MR) is 120 cm³/mol. The molecule has 3 heteroatoms. The van der Waals surface area contributed by atoms with Crippen LogP contribution < -0.4 is 0 Å². The van der Waals surface area contributed by atoms with Gasteiger partial charge in [-0.2, -0.15) is 0 Å². The largest absolute Gasteiger partial charge is 0.461 e. The lowest BCUT2D eigenvalue weighted by molar-refractivity contribution is -0.150. The van der Waals surface area contributed by atoms with Crippen LogP contribution in [0.5, 0.6) is 0 Å². The Balaban J connectivity index is 1.86. The first kappa shape index (κ1) is 23.7. The van der Waals surface area contributed by atoms with Gasteiger partial charge < -0.3 is 9.84 Å². The summed E-state index contributed by atoms with van der Waals surface area (Å²) in [6.45, 7) is 4.19. The molecular weight excluding hydrogens is 360 g/mol. The third-order valence-electron chi connectivity index (χ3n) is 6.22. The van der Waals surface area contributed by atoms with Crippen LogP contribution in [0.1, 0.15) is 95.5 Å². The Morgan fingerprint density at radius 3 is 2.14 bits per heavy atom. The maximum absolute atomic E-state index is 12.7. The summed E-state index contributed by atoms with van der Waals surface area (Å²) >= 11 is 0. The van der Waals surface area contributed by atoms with E-state index in [0.29, 0.717) is 13.0 Å². The van der Waals surface area contributed by atoms with Gasteiger partial charge in [-0.1, -0.05) is 94.2 Å². The quantitative estimate of drug-likeness (QED) is 0.440. The van der Waals surface area contributed by atoms with Gasteiger partial charge in [0, 0.05) is 0 Å². The van der Waals surface area contributed by atoms with E-state index in [-0.39, 0.29) is 11.9 Å². The van der Waals surface area contributed by atoms with E-state index < -0.39 is 5.60 Å². The molecule has 162 valence electrons. The van der Waals surface area contributed by atoms with Crippen molar-refractivity contribution in [2.24, 2.45) is 5.92 Å². The van der Waals surface area contributed by atoms with Gasteiger partial charge in [0.15, 0.2) is 0 Å². The van der Waals surface area contributed by atoms with E-state index in [0.717, 1.165) is 63.4 Å². The zero-order valence-corrected chi connectivity index (χ0v) is 18.1. The molecule has 0 radical (unpaired) electrons. The maximum Gasteiger partial charge on any atom is 0.309 e. The Hall–Kier alpha value is -1.61. The monoisotopic (exact) mass is 400 g/mol. The Bertz CT molecular complexity index is 583. The van der Waals surface area contributed by atoms with Crippen molar-refractivity contribution in [1.82, 2.24) is 0 Å². The second-order valence-corrected chi connectivity index (χ2v) is 8.77. The summed E-state index contributed by atoms with van der Waals surface area (Å²) in [5.74, 6) is -0.0303. The molecule has 1 aromatic rings. The molecule has 1 fully saturated rings. The second-order valence-electron chi connectivity index (χ2n) is 8.77. The Kier molecular flexibility index (Phi) is 11.1. The van der Waals surface area contributed by atoms with Gasteiger partial charge in [0.25, 0.3) is 0 Å². The topological polar surface area (TPSA) is 46.5 Å². The van der Waals surface area contributed by atoms with Crippen LogP contribution in [0.15, 0.2) is 43.0 Å². The molecule has 1 unspecified atom stereocenters. The number of carbonyl (C=O) groups is 1. The molecule has 0 aromatic heterocycles. The lowest BCUT2D eigenvalue weighted by atomic mass is 9.87. The van der Waals surface area contributed by atoms with Crippen molar-refractivity contribution in [2.45, 2.75) is 102 Å². The number of esters is 1. The van der Waals surface area contributed by atoms with Crippen molar-refractivity contribution in [1.29, 1.82) is 0 Å². The second kappa shape index (κ2) is 13.6. The normalized spacial score (nSPS) is 25.3. The first-order valence-corrected chi connectivity index (χ1v) is 11.7. The molecule has 3 nitrogen and oxygen atoms in total. The minimum atomic E-state index is -0.587. The lowest BCUT2D eigenvalue weighted by Gasteiger charge is -2.27. The molecule has 2 atom stereocenters.